The molecule has 1 aromatic heterocycles. The number of methoxy groups -OCH3 is 2. The first kappa shape index (κ1) is 22.7. The molecule has 5 rings (SSSR count). The molecule has 3 aliphatic rings. The number of ether oxygens (including phenoxy) is 2. The van der Waals surface area contributed by atoms with E-state index in [0.29, 0.717) is 33.5 Å². The number of rotatable bonds is 6. The van der Waals surface area contributed by atoms with Crippen LogP contribution in [0.2, 0.25) is 4.47 Å². The fourth-order valence-electron chi connectivity index (χ4n) is 4.73. The van der Waals surface area contributed by atoms with Crippen LogP contribution < -0.4 is 9.47 Å². The zero-order valence-corrected chi connectivity index (χ0v) is 20.9. The highest BCUT2D eigenvalue weighted by molar-refractivity contribution is 8.13. The number of hydrogen-bond donors (Lipinski definition) is 0. The number of fused-ring (bicyclic) bond motifs is 3. The van der Waals surface area contributed by atoms with E-state index < -0.39 is 0 Å². The lowest BCUT2D eigenvalue weighted by Crippen LogP contribution is -2.44. The smallest absolute Gasteiger partial charge is 0.270 e. The normalized spacial score (nSPS) is 20.3. The molecule has 1 aliphatic carbocycles. The second-order valence-electron chi connectivity index (χ2n) is 8.39. The average molecular weight is 505 g/mol. The van der Waals surface area contributed by atoms with Gasteiger partial charge in [0.25, 0.3) is 5.91 Å². The summed E-state index contributed by atoms with van der Waals surface area (Å²) in [6.45, 7) is 0. The molecule has 1 aromatic carbocycles. The van der Waals surface area contributed by atoms with E-state index in [1.165, 1.54) is 43.4 Å². The van der Waals surface area contributed by atoms with Crippen molar-refractivity contribution in [2.75, 3.05) is 14.2 Å². The van der Waals surface area contributed by atoms with Crippen LogP contribution in [0.25, 0.3) is 0 Å². The topological polar surface area (TPSA) is 76.4 Å². The Morgan fingerprint density at radius 1 is 1.15 bits per heavy atom. The molecule has 2 aliphatic heterocycles. The molecule has 174 valence electrons. The van der Waals surface area contributed by atoms with Crippen LogP contribution >= 0.6 is 34.7 Å². The van der Waals surface area contributed by atoms with E-state index in [4.69, 9.17) is 26.1 Å². The van der Waals surface area contributed by atoms with Gasteiger partial charge in [-0.25, -0.2) is 9.98 Å². The number of thiazole rings is 1. The van der Waals surface area contributed by atoms with Gasteiger partial charge in [-0.1, -0.05) is 55.5 Å². The van der Waals surface area contributed by atoms with Crippen LogP contribution in [0, 0.1) is 5.92 Å². The average Bonchev–Trinajstić information content (AvgIpc) is 3.40. The van der Waals surface area contributed by atoms with Crippen molar-refractivity contribution in [3.8, 4) is 11.5 Å². The molecule has 1 saturated carbocycles. The molecule has 0 unspecified atom stereocenters. The maximum Gasteiger partial charge on any atom is 0.270 e. The predicted octanol–water partition coefficient (Wildman–Crippen LogP) is 5.68. The van der Waals surface area contributed by atoms with E-state index in [1.54, 1.807) is 32.2 Å². The van der Waals surface area contributed by atoms with E-state index in [1.807, 2.05) is 17.0 Å². The van der Waals surface area contributed by atoms with Crippen LogP contribution in [0.5, 0.6) is 11.5 Å². The van der Waals surface area contributed by atoms with Crippen molar-refractivity contribution in [3.63, 3.8) is 0 Å². The van der Waals surface area contributed by atoms with Crippen molar-refractivity contribution in [3.05, 3.63) is 33.2 Å². The van der Waals surface area contributed by atoms with Crippen LogP contribution in [-0.4, -0.2) is 47.1 Å². The number of halogens is 1. The number of aromatic nitrogens is 1. The van der Waals surface area contributed by atoms with Crippen molar-refractivity contribution in [2.24, 2.45) is 15.9 Å². The van der Waals surface area contributed by atoms with E-state index in [-0.39, 0.29) is 11.9 Å². The summed E-state index contributed by atoms with van der Waals surface area (Å²) in [6.07, 6.45) is 8.70. The number of carbonyl (C=O) groups excluding carboxylic acids is 1. The summed E-state index contributed by atoms with van der Waals surface area (Å²) >= 11 is 9.05. The molecule has 7 nitrogen and oxygen atoms in total. The van der Waals surface area contributed by atoms with Crippen molar-refractivity contribution >= 4 is 57.3 Å². The molecule has 0 N–H and O–H groups in total. The maximum absolute atomic E-state index is 13.2. The van der Waals surface area contributed by atoms with Gasteiger partial charge in [0, 0.05) is 28.5 Å². The third kappa shape index (κ3) is 4.50. The summed E-state index contributed by atoms with van der Waals surface area (Å²) in [5, 5.41) is 0.768. The van der Waals surface area contributed by atoms with Crippen LogP contribution in [0.3, 0.4) is 0 Å². The second-order valence-corrected chi connectivity index (χ2v) is 11.0. The first-order chi connectivity index (χ1) is 16.1. The van der Waals surface area contributed by atoms with E-state index in [0.717, 1.165) is 27.7 Å². The Morgan fingerprint density at radius 3 is 2.61 bits per heavy atom. The summed E-state index contributed by atoms with van der Waals surface area (Å²) in [5.74, 6) is 2.95. The molecule has 0 radical (unpaired) electrons. The van der Waals surface area contributed by atoms with Gasteiger partial charge in [-0.05, 0) is 18.4 Å². The Bertz CT molecular complexity index is 1130. The number of aliphatic imine (C=N–C) groups is 2. The number of nitrogens with zero attached hydrogens (tertiary/aromatic N) is 4. The van der Waals surface area contributed by atoms with E-state index >= 15 is 0 Å². The molecule has 1 amide bonds. The number of thioether (sulfide) groups is 1. The minimum Gasteiger partial charge on any atom is -0.493 e. The van der Waals surface area contributed by atoms with Crippen LogP contribution in [-0.2, 0) is 10.5 Å². The van der Waals surface area contributed by atoms with Gasteiger partial charge in [-0.2, -0.15) is 4.99 Å². The lowest BCUT2D eigenvalue weighted by Gasteiger charge is -2.33. The predicted molar refractivity (Wildman–Crippen MR) is 133 cm³/mol. The van der Waals surface area contributed by atoms with Gasteiger partial charge >= 0.3 is 0 Å². The Balaban J connectivity index is 1.51. The Hall–Kier alpha value is -2.10. The highest BCUT2D eigenvalue weighted by Gasteiger charge is 2.43. The largest absolute Gasteiger partial charge is 0.493 e. The third-order valence-corrected chi connectivity index (χ3v) is 8.66. The Kier molecular flexibility index (Phi) is 6.62. The van der Waals surface area contributed by atoms with Crippen molar-refractivity contribution in [2.45, 2.75) is 50.3 Å². The van der Waals surface area contributed by atoms with E-state index in [2.05, 4.69) is 9.98 Å². The summed E-state index contributed by atoms with van der Waals surface area (Å²) < 4.78 is 11.5. The second kappa shape index (κ2) is 9.64. The van der Waals surface area contributed by atoms with Crippen molar-refractivity contribution < 1.29 is 14.3 Å². The van der Waals surface area contributed by atoms with Crippen molar-refractivity contribution in [1.29, 1.82) is 0 Å². The van der Waals surface area contributed by atoms with Gasteiger partial charge < -0.3 is 9.47 Å². The summed E-state index contributed by atoms with van der Waals surface area (Å²) in [5.41, 5.74) is 1.51. The molecule has 0 spiro atoms. The van der Waals surface area contributed by atoms with Gasteiger partial charge in [-0.3, -0.25) is 9.69 Å². The lowest BCUT2D eigenvalue weighted by atomic mass is 9.84. The van der Waals surface area contributed by atoms with Gasteiger partial charge in [0.15, 0.2) is 21.1 Å². The van der Waals surface area contributed by atoms with Crippen molar-refractivity contribution in [1.82, 2.24) is 9.88 Å². The standard InChI is InChI=1S/C23H25ClN4O3S2/c1-30-18-9-15-16(10-19(18)31-2)26-23(32-12-14-11-25-22(24)33-14)28-17(21(29)27-20(15)28)8-13-6-4-3-5-7-13/h9-11,13,17H,3-8,12H2,1-2H3/t17-/m1/s1. The number of benzene rings is 1. The lowest BCUT2D eigenvalue weighted by molar-refractivity contribution is -0.120. The summed E-state index contributed by atoms with van der Waals surface area (Å²) in [4.78, 5) is 29.9. The van der Waals surface area contributed by atoms with Gasteiger partial charge in [0.05, 0.1) is 19.9 Å². The fourth-order valence-corrected chi connectivity index (χ4v) is 6.78. The maximum atomic E-state index is 13.2. The van der Waals surface area contributed by atoms with Gasteiger partial charge in [-0.15, -0.1) is 11.3 Å². The van der Waals surface area contributed by atoms with E-state index in [9.17, 15) is 4.79 Å². The van der Waals surface area contributed by atoms with Gasteiger partial charge in [0.2, 0.25) is 0 Å². The molecule has 3 heterocycles. The molecule has 1 fully saturated rings. The summed E-state index contributed by atoms with van der Waals surface area (Å²) in [6, 6.07) is 3.39. The molecule has 0 saturated heterocycles. The monoisotopic (exact) mass is 504 g/mol. The molecule has 1 atom stereocenters. The number of carbonyl (C=O) groups is 1. The summed E-state index contributed by atoms with van der Waals surface area (Å²) in [7, 11) is 3.20. The minimum absolute atomic E-state index is 0.0904. The quantitative estimate of drug-likeness (QED) is 0.504. The highest BCUT2D eigenvalue weighted by Crippen LogP contribution is 2.42. The number of amidine groups is 2. The Labute approximate surface area is 206 Å². The first-order valence-electron chi connectivity index (χ1n) is 11.1. The molecular weight excluding hydrogens is 480 g/mol. The zero-order valence-electron chi connectivity index (χ0n) is 18.5. The molecular formula is C23H25ClN4O3S2. The van der Waals surface area contributed by atoms with Crippen LogP contribution in [0.4, 0.5) is 5.69 Å². The molecule has 0 bridgehead atoms. The SMILES string of the molecule is COc1cc2c(cc1OC)C1=NC(=O)[C@@H](CC3CCCCC3)N1C(SCc1cnc(Cl)s1)=N2. The fraction of sp³-hybridized carbons (Fsp3) is 0.478. The molecule has 33 heavy (non-hydrogen) atoms. The zero-order chi connectivity index (χ0) is 22.9. The highest BCUT2D eigenvalue weighted by atomic mass is 35.5. The molecule has 2 aromatic rings. The number of hydrogen-bond acceptors (Lipinski definition) is 8. The first-order valence-corrected chi connectivity index (χ1v) is 13.2. The minimum atomic E-state index is -0.319. The van der Waals surface area contributed by atoms with Gasteiger partial charge in [0.1, 0.15) is 11.9 Å². The van der Waals surface area contributed by atoms with Crippen LogP contribution in [0.15, 0.2) is 28.3 Å². The van der Waals surface area contributed by atoms with Crippen LogP contribution in [0.1, 0.15) is 49.0 Å². The molecule has 10 heteroatoms. The third-order valence-electron chi connectivity index (χ3n) is 6.36. The Morgan fingerprint density at radius 2 is 1.91 bits per heavy atom. The number of amides is 1.